The van der Waals surface area contributed by atoms with Crippen molar-refractivity contribution in [3.8, 4) is 0 Å². The van der Waals surface area contributed by atoms with Crippen LogP contribution in [0.5, 0.6) is 0 Å². The third kappa shape index (κ3) is 2.77. The topological polar surface area (TPSA) is 80.1 Å². The highest BCUT2D eigenvalue weighted by Crippen LogP contribution is 2.29. The number of nitrogens with one attached hydrogen (secondary N) is 1. The summed E-state index contributed by atoms with van der Waals surface area (Å²) in [6.07, 6.45) is 3.14. The standard InChI is InChI=1S/C17H21N5O2/c1-10-5-11(2)14(12(3)6-10)15-16(23)22(17(24)20-15)13(4)7-21-8-18-19-9-21/h5-6,8-9,13,15H,7H2,1-4H3,(H,20,24). The summed E-state index contributed by atoms with van der Waals surface area (Å²) in [5.74, 6) is -0.212. The number of carbonyl (C=O) groups is 2. The molecule has 1 aliphatic heterocycles. The minimum absolute atomic E-state index is 0.212. The first-order valence-corrected chi connectivity index (χ1v) is 7.92. The van der Waals surface area contributed by atoms with E-state index in [9.17, 15) is 9.59 Å². The molecule has 2 atom stereocenters. The lowest BCUT2D eigenvalue weighted by atomic mass is 9.94. The van der Waals surface area contributed by atoms with E-state index >= 15 is 0 Å². The number of nitrogens with zero attached hydrogens (tertiary/aromatic N) is 4. The third-order valence-electron chi connectivity index (χ3n) is 4.38. The van der Waals surface area contributed by atoms with E-state index in [1.807, 2.05) is 39.8 Å². The predicted molar refractivity (Wildman–Crippen MR) is 88.3 cm³/mol. The van der Waals surface area contributed by atoms with Gasteiger partial charge in [-0.05, 0) is 44.4 Å². The molecular weight excluding hydrogens is 306 g/mol. The number of carbonyl (C=O) groups excluding carboxylic acids is 2. The van der Waals surface area contributed by atoms with Crippen molar-refractivity contribution >= 4 is 11.9 Å². The summed E-state index contributed by atoms with van der Waals surface area (Å²) >= 11 is 0. The van der Waals surface area contributed by atoms with Crippen molar-refractivity contribution in [2.75, 3.05) is 0 Å². The third-order valence-corrected chi connectivity index (χ3v) is 4.38. The molecule has 3 rings (SSSR count). The van der Waals surface area contributed by atoms with Crippen LogP contribution < -0.4 is 5.32 Å². The zero-order valence-corrected chi connectivity index (χ0v) is 14.3. The smallest absolute Gasteiger partial charge is 0.322 e. The SMILES string of the molecule is Cc1cc(C)c(C2NC(=O)N(C(C)Cn3cnnc3)C2=O)c(C)c1. The summed E-state index contributed by atoms with van der Waals surface area (Å²) < 4.78 is 1.75. The average Bonchev–Trinajstić information content (AvgIpc) is 3.07. The Hall–Kier alpha value is -2.70. The molecule has 1 aliphatic rings. The molecule has 7 nitrogen and oxygen atoms in total. The van der Waals surface area contributed by atoms with E-state index in [1.165, 1.54) is 4.90 Å². The monoisotopic (exact) mass is 327 g/mol. The molecule has 1 saturated heterocycles. The van der Waals surface area contributed by atoms with Crippen LogP contribution in [0.15, 0.2) is 24.8 Å². The molecule has 1 N–H and O–H groups in total. The summed E-state index contributed by atoms with van der Waals surface area (Å²) in [6, 6.07) is 2.80. The molecule has 24 heavy (non-hydrogen) atoms. The van der Waals surface area contributed by atoms with Crippen LogP contribution in [-0.4, -0.2) is 37.6 Å². The number of aryl methyl sites for hydroxylation is 3. The number of hydrogen-bond acceptors (Lipinski definition) is 4. The number of rotatable bonds is 4. The maximum atomic E-state index is 12.9. The van der Waals surface area contributed by atoms with Crippen molar-refractivity contribution in [3.05, 3.63) is 47.0 Å². The Morgan fingerprint density at radius 2 is 1.71 bits per heavy atom. The Kier molecular flexibility index (Phi) is 4.09. The van der Waals surface area contributed by atoms with Crippen molar-refractivity contribution in [2.45, 2.75) is 46.3 Å². The van der Waals surface area contributed by atoms with Gasteiger partial charge in [-0.25, -0.2) is 4.79 Å². The van der Waals surface area contributed by atoms with Gasteiger partial charge in [0.05, 0.1) is 6.04 Å². The molecule has 2 heterocycles. The highest BCUT2D eigenvalue weighted by atomic mass is 16.2. The van der Waals surface area contributed by atoms with E-state index in [2.05, 4.69) is 15.5 Å². The van der Waals surface area contributed by atoms with Gasteiger partial charge in [-0.15, -0.1) is 10.2 Å². The molecule has 0 saturated carbocycles. The van der Waals surface area contributed by atoms with E-state index in [1.54, 1.807) is 17.2 Å². The van der Waals surface area contributed by atoms with Gasteiger partial charge in [-0.3, -0.25) is 9.69 Å². The first kappa shape index (κ1) is 16.2. The Balaban J connectivity index is 1.87. The number of benzene rings is 1. The highest BCUT2D eigenvalue weighted by Gasteiger charge is 2.42. The number of aromatic nitrogens is 3. The summed E-state index contributed by atoms with van der Waals surface area (Å²) in [6.45, 7) is 8.27. The molecule has 0 spiro atoms. The lowest BCUT2D eigenvalue weighted by Gasteiger charge is -2.22. The largest absolute Gasteiger partial charge is 0.325 e. The minimum atomic E-state index is -0.624. The fourth-order valence-corrected chi connectivity index (χ4v) is 3.46. The molecule has 2 unspecified atom stereocenters. The Labute approximate surface area is 140 Å². The van der Waals surface area contributed by atoms with E-state index in [-0.39, 0.29) is 18.0 Å². The van der Waals surface area contributed by atoms with Gasteiger partial charge in [0.2, 0.25) is 0 Å². The molecule has 0 radical (unpaired) electrons. The van der Waals surface area contributed by atoms with Crippen LogP contribution in [0.25, 0.3) is 0 Å². The maximum absolute atomic E-state index is 12.9. The molecule has 7 heteroatoms. The second kappa shape index (κ2) is 6.07. The van der Waals surface area contributed by atoms with Gasteiger partial charge in [-0.2, -0.15) is 0 Å². The lowest BCUT2D eigenvalue weighted by molar-refractivity contribution is -0.129. The molecule has 1 aromatic heterocycles. The van der Waals surface area contributed by atoms with Crippen LogP contribution >= 0.6 is 0 Å². The maximum Gasteiger partial charge on any atom is 0.325 e. The average molecular weight is 327 g/mol. The second-order valence-electron chi connectivity index (χ2n) is 6.41. The van der Waals surface area contributed by atoms with Crippen molar-refractivity contribution in [2.24, 2.45) is 0 Å². The summed E-state index contributed by atoms with van der Waals surface area (Å²) in [4.78, 5) is 26.6. The summed E-state index contributed by atoms with van der Waals surface area (Å²) in [5, 5.41) is 10.3. The van der Waals surface area contributed by atoms with E-state index in [0.717, 1.165) is 22.3 Å². The van der Waals surface area contributed by atoms with Crippen molar-refractivity contribution in [1.82, 2.24) is 25.0 Å². The molecule has 126 valence electrons. The molecule has 1 aromatic carbocycles. The fraction of sp³-hybridized carbons (Fsp3) is 0.412. The number of urea groups is 1. The van der Waals surface area contributed by atoms with Gasteiger partial charge in [0.25, 0.3) is 5.91 Å². The van der Waals surface area contributed by atoms with Crippen LogP contribution in [0.1, 0.15) is 35.2 Å². The summed E-state index contributed by atoms with van der Waals surface area (Å²) in [7, 11) is 0. The summed E-state index contributed by atoms with van der Waals surface area (Å²) in [5.41, 5.74) is 4.06. The molecule has 1 fully saturated rings. The molecule has 0 bridgehead atoms. The Bertz CT molecular complexity index is 761. The van der Waals surface area contributed by atoms with Crippen molar-refractivity contribution < 1.29 is 9.59 Å². The van der Waals surface area contributed by atoms with Crippen LogP contribution in [-0.2, 0) is 11.3 Å². The zero-order valence-electron chi connectivity index (χ0n) is 14.3. The predicted octanol–water partition coefficient (Wildman–Crippen LogP) is 1.88. The van der Waals surface area contributed by atoms with Crippen LogP contribution in [0, 0.1) is 20.8 Å². The molecule has 2 aromatic rings. The van der Waals surface area contributed by atoms with E-state index in [0.29, 0.717) is 6.54 Å². The quantitative estimate of drug-likeness (QED) is 0.870. The normalized spacial score (nSPS) is 18.8. The van der Waals surface area contributed by atoms with Gasteiger partial charge in [-0.1, -0.05) is 17.7 Å². The Morgan fingerprint density at radius 1 is 1.12 bits per heavy atom. The van der Waals surface area contributed by atoms with Crippen molar-refractivity contribution in [1.29, 1.82) is 0 Å². The van der Waals surface area contributed by atoms with Crippen molar-refractivity contribution in [3.63, 3.8) is 0 Å². The van der Waals surface area contributed by atoms with Crippen LogP contribution in [0.4, 0.5) is 4.79 Å². The molecule has 3 amide bonds. The van der Waals surface area contributed by atoms with Gasteiger partial charge in [0.15, 0.2) is 0 Å². The molecule has 0 aliphatic carbocycles. The number of imide groups is 1. The number of hydrogen-bond donors (Lipinski definition) is 1. The lowest BCUT2D eigenvalue weighted by Crippen LogP contribution is -2.41. The van der Waals surface area contributed by atoms with E-state index < -0.39 is 6.04 Å². The van der Waals surface area contributed by atoms with Gasteiger partial charge >= 0.3 is 6.03 Å². The van der Waals surface area contributed by atoms with E-state index in [4.69, 9.17) is 0 Å². The second-order valence-corrected chi connectivity index (χ2v) is 6.41. The number of amides is 3. The first-order valence-electron chi connectivity index (χ1n) is 7.92. The highest BCUT2D eigenvalue weighted by molar-refractivity contribution is 6.05. The van der Waals surface area contributed by atoms with Crippen LogP contribution in [0.3, 0.4) is 0 Å². The fourth-order valence-electron chi connectivity index (χ4n) is 3.46. The molecular formula is C17H21N5O2. The van der Waals surface area contributed by atoms with Gasteiger partial charge in [0, 0.05) is 6.54 Å². The first-order chi connectivity index (χ1) is 11.4. The van der Waals surface area contributed by atoms with Gasteiger partial charge in [0.1, 0.15) is 18.7 Å². The van der Waals surface area contributed by atoms with Crippen LogP contribution in [0.2, 0.25) is 0 Å². The Morgan fingerprint density at radius 3 is 2.29 bits per heavy atom. The minimum Gasteiger partial charge on any atom is -0.322 e. The zero-order chi connectivity index (χ0) is 17.4. The van der Waals surface area contributed by atoms with Gasteiger partial charge < -0.3 is 9.88 Å².